The van der Waals surface area contributed by atoms with Gasteiger partial charge in [-0.2, -0.15) is 13.2 Å². The largest absolute Gasteiger partial charge is 0.507 e. The number of amides is 1. The summed E-state index contributed by atoms with van der Waals surface area (Å²) in [5, 5.41) is 22.1. The van der Waals surface area contributed by atoms with Gasteiger partial charge in [0.1, 0.15) is 17.2 Å². The smallest absolute Gasteiger partial charge is 0.416 e. The first-order chi connectivity index (χ1) is 18.8. The molecule has 40 heavy (non-hydrogen) atoms. The molecule has 2 N–H and O–H groups in total. The second-order valence-corrected chi connectivity index (χ2v) is 11.6. The van der Waals surface area contributed by atoms with Gasteiger partial charge < -0.3 is 25.0 Å². The number of benzene rings is 1. The summed E-state index contributed by atoms with van der Waals surface area (Å²) in [5.74, 6) is 0.111. The zero-order chi connectivity index (χ0) is 29.1. The number of alkyl halides is 3. The van der Waals surface area contributed by atoms with E-state index in [1.807, 2.05) is 26.8 Å². The van der Waals surface area contributed by atoms with Crippen molar-refractivity contribution in [2.75, 3.05) is 57.7 Å². The van der Waals surface area contributed by atoms with Crippen molar-refractivity contribution in [2.45, 2.75) is 58.4 Å². The van der Waals surface area contributed by atoms with Gasteiger partial charge in [0.2, 0.25) is 0 Å². The molecule has 12 heteroatoms. The first kappa shape index (κ1) is 29.9. The molecule has 0 saturated carbocycles. The van der Waals surface area contributed by atoms with E-state index in [2.05, 4.69) is 25.3 Å². The molecule has 2 aliphatic heterocycles. The molecule has 2 saturated heterocycles. The maximum atomic E-state index is 12.9. The van der Waals surface area contributed by atoms with Crippen molar-refractivity contribution in [1.29, 1.82) is 0 Å². The number of phenols is 1. The summed E-state index contributed by atoms with van der Waals surface area (Å²) >= 11 is 0. The normalized spacial score (nSPS) is 19.5. The van der Waals surface area contributed by atoms with E-state index in [1.54, 1.807) is 11.8 Å². The van der Waals surface area contributed by atoms with E-state index in [1.165, 1.54) is 6.07 Å². The molecule has 4 rings (SSSR count). The van der Waals surface area contributed by atoms with Crippen LogP contribution < -0.4 is 5.32 Å². The second-order valence-electron chi connectivity index (χ2n) is 11.6. The van der Waals surface area contributed by atoms with Crippen molar-refractivity contribution < 1.29 is 27.8 Å². The Labute approximate surface area is 233 Å². The Morgan fingerprint density at radius 3 is 2.38 bits per heavy atom. The number of hydrogen-bond acceptors (Lipinski definition) is 8. The molecule has 1 amide bonds. The SMILES string of the molecule is Cc1cc(N[C@@H]2CCCN(CCN3CCN(C(=O)OC(C)(C)C)CC3)C2)nnc1-c1ccc(C(F)(F)F)cc1O. The third kappa shape index (κ3) is 7.97. The molecule has 0 spiro atoms. The van der Waals surface area contributed by atoms with Crippen molar-refractivity contribution in [3.8, 4) is 17.0 Å². The van der Waals surface area contributed by atoms with Crippen molar-refractivity contribution in [1.82, 2.24) is 24.9 Å². The number of piperazine rings is 1. The lowest BCUT2D eigenvalue weighted by atomic mass is 10.0. The van der Waals surface area contributed by atoms with Crippen LogP contribution in [0.25, 0.3) is 11.3 Å². The Balaban J connectivity index is 1.26. The molecule has 0 aliphatic carbocycles. The Hall–Kier alpha value is -3.12. The summed E-state index contributed by atoms with van der Waals surface area (Å²) in [4.78, 5) is 18.9. The fraction of sp³-hybridized carbons (Fsp3) is 0.607. The molecule has 2 fully saturated rings. The van der Waals surface area contributed by atoms with Gasteiger partial charge >= 0.3 is 12.3 Å². The Kier molecular flexibility index (Phi) is 9.09. The standard InChI is InChI=1S/C28H39F3N6O3/c1-19-16-24(33-34-25(19)22-8-7-20(17-23(22)38)28(29,30)31)32-21-6-5-9-36(18-21)11-10-35-12-14-37(15-13-35)26(39)40-27(2,3)4/h7-8,16-17,21,38H,5-6,9-15,18H2,1-4H3,(H,32,33)/t21-/m1/s1. The van der Waals surface area contributed by atoms with Crippen LogP contribution in [-0.4, -0.2) is 100 Å². The summed E-state index contributed by atoms with van der Waals surface area (Å²) in [6.45, 7) is 14.1. The number of anilines is 1. The Bertz CT molecular complexity index is 1180. The number of ether oxygens (including phenoxy) is 1. The van der Waals surface area contributed by atoms with Gasteiger partial charge in [-0.15, -0.1) is 10.2 Å². The molecule has 0 radical (unpaired) electrons. The van der Waals surface area contributed by atoms with Gasteiger partial charge in [-0.25, -0.2) is 4.79 Å². The minimum Gasteiger partial charge on any atom is -0.507 e. The summed E-state index contributed by atoms with van der Waals surface area (Å²) < 4.78 is 44.3. The number of carbonyl (C=O) groups is 1. The number of phenolic OH excluding ortho intramolecular Hbond substituents is 1. The third-order valence-corrected chi connectivity index (χ3v) is 7.18. The first-order valence-corrected chi connectivity index (χ1v) is 13.7. The van der Waals surface area contributed by atoms with E-state index < -0.39 is 23.1 Å². The number of aryl methyl sites for hydroxylation is 1. The van der Waals surface area contributed by atoms with Crippen molar-refractivity contribution in [3.63, 3.8) is 0 Å². The van der Waals surface area contributed by atoms with Gasteiger partial charge in [0.05, 0.1) is 11.3 Å². The van der Waals surface area contributed by atoms with E-state index in [0.29, 0.717) is 36.2 Å². The molecule has 9 nitrogen and oxygen atoms in total. The summed E-state index contributed by atoms with van der Waals surface area (Å²) in [5.41, 5.74) is -0.156. The molecule has 2 aliphatic rings. The summed E-state index contributed by atoms with van der Waals surface area (Å²) in [6.07, 6.45) is -2.74. The van der Waals surface area contributed by atoms with Gasteiger partial charge in [0.25, 0.3) is 0 Å². The number of carbonyl (C=O) groups excluding carboxylic acids is 1. The minimum atomic E-state index is -4.53. The molecule has 3 heterocycles. The average Bonchev–Trinajstić information content (AvgIpc) is 2.87. The van der Waals surface area contributed by atoms with Gasteiger partial charge in [0, 0.05) is 57.4 Å². The number of aromatic nitrogens is 2. The van der Waals surface area contributed by atoms with Crippen LogP contribution in [-0.2, 0) is 10.9 Å². The molecule has 0 unspecified atom stereocenters. The Morgan fingerprint density at radius 2 is 1.75 bits per heavy atom. The maximum Gasteiger partial charge on any atom is 0.416 e. The van der Waals surface area contributed by atoms with E-state index in [4.69, 9.17) is 4.74 Å². The molecular weight excluding hydrogens is 525 g/mol. The lowest BCUT2D eigenvalue weighted by Crippen LogP contribution is -2.52. The van der Waals surface area contributed by atoms with Crippen LogP contribution >= 0.6 is 0 Å². The van der Waals surface area contributed by atoms with Crippen LogP contribution in [0.15, 0.2) is 24.3 Å². The molecule has 2 aromatic rings. The average molecular weight is 565 g/mol. The number of likely N-dealkylation sites (tertiary alicyclic amines) is 1. The monoisotopic (exact) mass is 564 g/mol. The van der Waals surface area contributed by atoms with Crippen LogP contribution in [0, 0.1) is 6.92 Å². The quantitative estimate of drug-likeness (QED) is 0.526. The van der Waals surface area contributed by atoms with Gasteiger partial charge in [-0.3, -0.25) is 4.90 Å². The highest BCUT2D eigenvalue weighted by molar-refractivity contribution is 5.70. The number of aromatic hydroxyl groups is 1. The zero-order valence-corrected chi connectivity index (χ0v) is 23.6. The predicted octanol–water partition coefficient (Wildman–Crippen LogP) is 4.61. The number of halogens is 3. The van der Waals surface area contributed by atoms with Crippen molar-refractivity contribution >= 4 is 11.9 Å². The topological polar surface area (TPSA) is 94.1 Å². The molecule has 220 valence electrons. The van der Waals surface area contributed by atoms with Crippen molar-refractivity contribution in [2.24, 2.45) is 0 Å². The van der Waals surface area contributed by atoms with Crippen LogP contribution in [0.2, 0.25) is 0 Å². The number of hydrogen-bond donors (Lipinski definition) is 2. The molecule has 0 bridgehead atoms. The highest BCUT2D eigenvalue weighted by Crippen LogP contribution is 2.37. The van der Waals surface area contributed by atoms with Crippen LogP contribution in [0.1, 0.15) is 44.7 Å². The minimum absolute atomic E-state index is 0.191. The summed E-state index contributed by atoms with van der Waals surface area (Å²) in [7, 11) is 0. The second kappa shape index (κ2) is 12.2. The third-order valence-electron chi connectivity index (χ3n) is 7.18. The number of nitrogens with zero attached hydrogens (tertiary/aromatic N) is 5. The number of nitrogens with one attached hydrogen (secondary N) is 1. The lowest BCUT2D eigenvalue weighted by molar-refractivity contribution is -0.137. The summed E-state index contributed by atoms with van der Waals surface area (Å²) in [6, 6.07) is 4.86. The first-order valence-electron chi connectivity index (χ1n) is 13.7. The fourth-order valence-electron chi connectivity index (χ4n) is 5.08. The van der Waals surface area contributed by atoms with Crippen LogP contribution in [0.4, 0.5) is 23.8 Å². The molecule has 1 aromatic heterocycles. The highest BCUT2D eigenvalue weighted by Gasteiger charge is 2.31. The lowest BCUT2D eigenvalue weighted by Gasteiger charge is -2.38. The Morgan fingerprint density at radius 1 is 1.05 bits per heavy atom. The molecule has 1 aromatic carbocycles. The van der Waals surface area contributed by atoms with Crippen LogP contribution in [0.5, 0.6) is 5.75 Å². The molecular formula is C28H39F3N6O3. The predicted molar refractivity (Wildman–Crippen MR) is 146 cm³/mol. The van der Waals surface area contributed by atoms with E-state index in [-0.39, 0.29) is 17.7 Å². The number of rotatable bonds is 6. The zero-order valence-electron chi connectivity index (χ0n) is 23.6. The highest BCUT2D eigenvalue weighted by atomic mass is 19.4. The molecule has 1 atom stereocenters. The van der Waals surface area contributed by atoms with E-state index in [0.717, 1.165) is 58.2 Å². The van der Waals surface area contributed by atoms with E-state index >= 15 is 0 Å². The van der Waals surface area contributed by atoms with Crippen LogP contribution in [0.3, 0.4) is 0 Å². The van der Waals surface area contributed by atoms with Gasteiger partial charge in [0.15, 0.2) is 0 Å². The van der Waals surface area contributed by atoms with Crippen molar-refractivity contribution in [3.05, 3.63) is 35.4 Å². The maximum absolute atomic E-state index is 12.9. The number of piperidine rings is 1. The van der Waals surface area contributed by atoms with Gasteiger partial charge in [-0.05, 0) is 76.9 Å². The van der Waals surface area contributed by atoms with Gasteiger partial charge in [-0.1, -0.05) is 0 Å². The van der Waals surface area contributed by atoms with E-state index in [9.17, 15) is 23.1 Å². The fourth-order valence-corrected chi connectivity index (χ4v) is 5.08.